The molecule has 1 N–H and O–H groups in total. The van der Waals surface area contributed by atoms with E-state index in [1.165, 1.54) is 6.07 Å². The van der Waals surface area contributed by atoms with Crippen LogP contribution >= 0.6 is 23.2 Å². The summed E-state index contributed by atoms with van der Waals surface area (Å²) in [5.74, 6) is -0.446. The van der Waals surface area contributed by atoms with Crippen LogP contribution in [0.15, 0.2) is 30.3 Å². The minimum Gasteiger partial charge on any atom is -0.502 e. The Morgan fingerprint density at radius 3 is 2.59 bits per heavy atom. The standard InChI is InChI=1S/C23H25Cl2N3O4/c1-26(21(30)13-14-4-7-17(24)18(25)12-14)22-15-6-9-20(29)23(28(31)32)16(15)5-8-19(22)27-10-2-3-11-27/h4,6-7,9,12,19,22,29H,2-3,5,8,10-11,13H2,1H3/t19-,22-/m0/s1. The Labute approximate surface area is 196 Å². The van der Waals surface area contributed by atoms with Crippen LogP contribution in [-0.2, 0) is 17.6 Å². The maximum absolute atomic E-state index is 13.3. The molecule has 0 saturated carbocycles. The number of likely N-dealkylation sites (N-methyl/N-ethyl adjacent to an activating group) is 1. The number of hydrogen-bond donors (Lipinski definition) is 1. The van der Waals surface area contributed by atoms with E-state index in [2.05, 4.69) is 4.90 Å². The summed E-state index contributed by atoms with van der Waals surface area (Å²) in [7, 11) is 1.75. The molecule has 0 aromatic heterocycles. The van der Waals surface area contributed by atoms with Crippen LogP contribution in [-0.4, -0.2) is 51.9 Å². The summed E-state index contributed by atoms with van der Waals surface area (Å²) in [4.78, 5) is 28.5. The number of rotatable bonds is 5. The summed E-state index contributed by atoms with van der Waals surface area (Å²) < 4.78 is 0. The van der Waals surface area contributed by atoms with E-state index in [0.717, 1.165) is 37.1 Å². The van der Waals surface area contributed by atoms with Crippen molar-refractivity contribution in [2.24, 2.45) is 0 Å². The molecule has 2 aliphatic rings. The Bertz CT molecular complexity index is 1060. The van der Waals surface area contributed by atoms with Gasteiger partial charge < -0.3 is 10.0 Å². The van der Waals surface area contributed by atoms with Gasteiger partial charge in [-0.3, -0.25) is 19.8 Å². The van der Waals surface area contributed by atoms with E-state index in [1.807, 2.05) is 0 Å². The minimum atomic E-state index is -0.529. The van der Waals surface area contributed by atoms with E-state index < -0.39 is 4.92 Å². The molecule has 1 fully saturated rings. The molecule has 2 aromatic carbocycles. The maximum Gasteiger partial charge on any atom is 0.314 e. The molecule has 170 valence electrons. The number of carbonyl (C=O) groups excluding carboxylic acids is 1. The fourth-order valence-corrected chi connectivity index (χ4v) is 5.39. The van der Waals surface area contributed by atoms with Crippen LogP contribution in [0.1, 0.15) is 42.0 Å². The number of carbonyl (C=O) groups is 1. The number of nitro benzene ring substituents is 1. The number of nitro groups is 1. The van der Waals surface area contributed by atoms with Crippen molar-refractivity contribution in [1.82, 2.24) is 9.80 Å². The smallest absolute Gasteiger partial charge is 0.314 e. The highest BCUT2D eigenvalue weighted by Crippen LogP contribution is 2.44. The third kappa shape index (κ3) is 4.29. The fraction of sp³-hybridized carbons (Fsp3) is 0.435. The number of amides is 1. The summed E-state index contributed by atoms with van der Waals surface area (Å²) in [6, 6.07) is 7.95. The Kier molecular flexibility index (Phi) is 6.60. The fourth-order valence-electron chi connectivity index (χ4n) is 5.07. The summed E-state index contributed by atoms with van der Waals surface area (Å²) in [6.45, 7) is 1.90. The highest BCUT2D eigenvalue weighted by atomic mass is 35.5. The van der Waals surface area contributed by atoms with Crippen molar-refractivity contribution < 1.29 is 14.8 Å². The van der Waals surface area contributed by atoms with Gasteiger partial charge in [0.1, 0.15) is 0 Å². The first kappa shape index (κ1) is 22.8. The molecule has 4 rings (SSSR count). The molecular weight excluding hydrogens is 453 g/mol. The van der Waals surface area contributed by atoms with Crippen LogP contribution in [0.4, 0.5) is 5.69 Å². The van der Waals surface area contributed by atoms with Crippen LogP contribution in [0.5, 0.6) is 5.75 Å². The van der Waals surface area contributed by atoms with Crippen molar-refractivity contribution in [1.29, 1.82) is 0 Å². The van der Waals surface area contributed by atoms with Gasteiger partial charge in [0.05, 0.1) is 27.4 Å². The quantitative estimate of drug-likeness (QED) is 0.495. The number of likely N-dealkylation sites (tertiary alicyclic amines) is 1. The van der Waals surface area contributed by atoms with Crippen LogP contribution in [0.2, 0.25) is 10.0 Å². The van der Waals surface area contributed by atoms with Crippen LogP contribution in [0, 0.1) is 10.1 Å². The number of phenolic OH excluding ortho intramolecular Hbond substituents is 1. The van der Waals surface area contributed by atoms with Gasteiger partial charge in [-0.15, -0.1) is 0 Å². The molecule has 9 heteroatoms. The molecule has 0 radical (unpaired) electrons. The van der Waals surface area contributed by atoms with Gasteiger partial charge in [0, 0.05) is 18.7 Å². The van der Waals surface area contributed by atoms with Gasteiger partial charge in [-0.1, -0.05) is 35.3 Å². The SMILES string of the molecule is CN(C(=O)Cc1ccc(Cl)c(Cl)c1)[C@H]1c2ccc(O)c([N+](=O)[O-])c2CC[C@@H]1N1CCCC1. The van der Waals surface area contributed by atoms with Gasteiger partial charge in [0.15, 0.2) is 5.75 Å². The van der Waals surface area contributed by atoms with Gasteiger partial charge in [-0.25, -0.2) is 0 Å². The molecule has 2 atom stereocenters. The third-order valence-corrected chi connectivity index (χ3v) is 7.35. The number of phenols is 1. The van der Waals surface area contributed by atoms with Gasteiger partial charge in [-0.2, -0.15) is 0 Å². The first-order valence-corrected chi connectivity index (χ1v) is 11.5. The van der Waals surface area contributed by atoms with Gasteiger partial charge in [0.2, 0.25) is 5.91 Å². The summed E-state index contributed by atoms with van der Waals surface area (Å²) in [6.07, 6.45) is 3.53. The average molecular weight is 478 g/mol. The summed E-state index contributed by atoms with van der Waals surface area (Å²) in [5, 5.41) is 22.6. The van der Waals surface area contributed by atoms with E-state index in [-0.39, 0.29) is 35.8 Å². The minimum absolute atomic E-state index is 0.0666. The topological polar surface area (TPSA) is 86.9 Å². The predicted molar refractivity (Wildman–Crippen MR) is 123 cm³/mol. The Morgan fingerprint density at radius 2 is 1.94 bits per heavy atom. The number of aromatic hydroxyl groups is 1. The second-order valence-corrected chi connectivity index (χ2v) is 9.30. The van der Waals surface area contributed by atoms with E-state index in [0.29, 0.717) is 28.5 Å². The molecule has 7 nitrogen and oxygen atoms in total. The van der Waals surface area contributed by atoms with Crippen LogP contribution in [0.25, 0.3) is 0 Å². The second kappa shape index (κ2) is 9.25. The number of hydrogen-bond acceptors (Lipinski definition) is 5. The molecule has 1 amide bonds. The van der Waals surface area contributed by atoms with Crippen molar-refractivity contribution in [2.45, 2.75) is 44.2 Å². The highest BCUT2D eigenvalue weighted by Gasteiger charge is 2.41. The Balaban J connectivity index is 1.70. The summed E-state index contributed by atoms with van der Waals surface area (Å²) in [5.41, 5.74) is 1.76. The number of benzene rings is 2. The zero-order valence-electron chi connectivity index (χ0n) is 17.8. The molecule has 0 bridgehead atoms. The zero-order chi connectivity index (χ0) is 23.0. The molecule has 0 spiro atoms. The van der Waals surface area contributed by atoms with Crippen molar-refractivity contribution in [2.75, 3.05) is 20.1 Å². The Morgan fingerprint density at radius 1 is 1.22 bits per heavy atom. The first-order valence-electron chi connectivity index (χ1n) is 10.7. The van der Waals surface area contributed by atoms with Crippen LogP contribution in [0.3, 0.4) is 0 Å². The highest BCUT2D eigenvalue weighted by molar-refractivity contribution is 6.42. The van der Waals surface area contributed by atoms with Crippen LogP contribution < -0.4 is 0 Å². The van der Waals surface area contributed by atoms with Gasteiger partial charge >= 0.3 is 5.69 Å². The number of halogens is 2. The molecular formula is C23H25Cl2N3O4. The molecule has 1 heterocycles. The lowest BCUT2D eigenvalue weighted by Crippen LogP contribution is -2.48. The lowest BCUT2D eigenvalue weighted by Gasteiger charge is -2.43. The lowest BCUT2D eigenvalue weighted by atomic mass is 9.81. The molecule has 1 aliphatic carbocycles. The zero-order valence-corrected chi connectivity index (χ0v) is 19.3. The van der Waals surface area contributed by atoms with E-state index in [1.54, 1.807) is 36.2 Å². The molecule has 1 aliphatic heterocycles. The average Bonchev–Trinajstić information content (AvgIpc) is 3.29. The molecule has 0 unspecified atom stereocenters. The van der Waals surface area contributed by atoms with E-state index in [9.17, 15) is 20.0 Å². The predicted octanol–water partition coefficient (Wildman–Crippen LogP) is 4.76. The number of nitrogens with zero attached hydrogens (tertiary/aromatic N) is 3. The monoisotopic (exact) mass is 477 g/mol. The first-order chi connectivity index (χ1) is 15.3. The lowest BCUT2D eigenvalue weighted by molar-refractivity contribution is -0.386. The van der Waals surface area contributed by atoms with Crippen molar-refractivity contribution in [3.63, 3.8) is 0 Å². The molecule has 2 aromatic rings. The van der Waals surface area contributed by atoms with Gasteiger partial charge in [0.25, 0.3) is 0 Å². The normalized spacial score (nSPS) is 20.7. The summed E-state index contributed by atoms with van der Waals surface area (Å²) >= 11 is 12.1. The van der Waals surface area contributed by atoms with E-state index >= 15 is 0 Å². The second-order valence-electron chi connectivity index (χ2n) is 8.48. The largest absolute Gasteiger partial charge is 0.502 e. The van der Waals surface area contributed by atoms with Crippen molar-refractivity contribution >= 4 is 34.8 Å². The number of fused-ring (bicyclic) bond motifs is 1. The van der Waals surface area contributed by atoms with Gasteiger partial charge in [-0.05, 0) is 68.1 Å². The van der Waals surface area contributed by atoms with E-state index in [4.69, 9.17) is 23.2 Å². The third-order valence-electron chi connectivity index (χ3n) is 6.61. The molecule has 32 heavy (non-hydrogen) atoms. The van der Waals surface area contributed by atoms with Crippen molar-refractivity contribution in [3.8, 4) is 5.75 Å². The molecule has 1 saturated heterocycles. The Hall–Kier alpha value is -2.35. The maximum atomic E-state index is 13.3. The van der Waals surface area contributed by atoms with Crippen molar-refractivity contribution in [3.05, 3.63) is 67.2 Å².